The number of nitriles is 1. The number of alkyl halides is 2. The average Bonchev–Trinajstić information content (AvgIpc) is 3.46. The van der Waals surface area contributed by atoms with E-state index in [0.29, 0.717) is 45.4 Å². The van der Waals surface area contributed by atoms with E-state index in [1.807, 2.05) is 12.1 Å². The molecule has 0 aliphatic carbocycles. The Balaban J connectivity index is 1.52. The first-order chi connectivity index (χ1) is 17.4. The minimum absolute atomic E-state index is 0.149. The van der Waals surface area contributed by atoms with Gasteiger partial charge in [0, 0.05) is 16.9 Å². The third-order valence-corrected chi connectivity index (χ3v) is 5.52. The van der Waals surface area contributed by atoms with Crippen LogP contribution in [0.2, 0.25) is 0 Å². The highest BCUT2D eigenvalue weighted by molar-refractivity contribution is 6.00. The van der Waals surface area contributed by atoms with Crippen LogP contribution in [0.4, 0.5) is 20.3 Å². The number of aromatic amines is 1. The summed E-state index contributed by atoms with van der Waals surface area (Å²) in [6.45, 7) is 3.20. The van der Waals surface area contributed by atoms with E-state index in [1.165, 1.54) is 19.1 Å². The topological polar surface area (TPSA) is 138 Å². The van der Waals surface area contributed by atoms with Gasteiger partial charge in [-0.2, -0.15) is 10.4 Å². The van der Waals surface area contributed by atoms with Crippen molar-refractivity contribution in [2.45, 2.75) is 20.3 Å². The van der Waals surface area contributed by atoms with Gasteiger partial charge in [0.15, 0.2) is 17.3 Å². The van der Waals surface area contributed by atoms with Gasteiger partial charge < -0.3 is 5.32 Å². The molecule has 0 saturated heterocycles. The van der Waals surface area contributed by atoms with Crippen LogP contribution >= 0.6 is 0 Å². The molecule has 5 rings (SSSR count). The first-order valence-electron chi connectivity index (χ1n) is 10.7. The molecule has 2 N–H and O–H groups in total. The number of hydrogen-bond donors (Lipinski definition) is 2. The van der Waals surface area contributed by atoms with Gasteiger partial charge in [-0.1, -0.05) is 0 Å². The lowest BCUT2D eigenvalue weighted by atomic mass is 10.0. The van der Waals surface area contributed by atoms with Crippen molar-refractivity contribution in [3.05, 3.63) is 71.4 Å². The number of imidazole rings is 1. The number of anilines is 2. The number of ketones is 1. The van der Waals surface area contributed by atoms with Gasteiger partial charge in [0.05, 0.1) is 22.3 Å². The molecule has 10 nitrogen and oxygen atoms in total. The van der Waals surface area contributed by atoms with Crippen LogP contribution in [0.15, 0.2) is 48.8 Å². The van der Waals surface area contributed by atoms with E-state index < -0.39 is 12.1 Å². The lowest BCUT2D eigenvalue weighted by Crippen LogP contribution is -2.04. The highest BCUT2D eigenvalue weighted by Gasteiger charge is 2.21. The molecule has 0 bridgehead atoms. The lowest BCUT2D eigenvalue weighted by Gasteiger charge is -2.11. The molecule has 4 aromatic heterocycles. The largest absolute Gasteiger partial charge is 0.339 e. The van der Waals surface area contributed by atoms with E-state index in [0.717, 1.165) is 5.52 Å². The molecule has 1 aromatic carbocycles. The Morgan fingerprint density at radius 1 is 1.17 bits per heavy atom. The molecule has 0 fully saturated rings. The first kappa shape index (κ1) is 22.7. The number of carbonyl (C=O) groups excluding carboxylic acids is 1. The quantitative estimate of drug-likeness (QED) is 0.331. The lowest BCUT2D eigenvalue weighted by molar-refractivity contribution is 0.101. The van der Waals surface area contributed by atoms with Crippen LogP contribution in [0.25, 0.3) is 28.1 Å². The molecule has 0 saturated carbocycles. The molecule has 178 valence electrons. The second-order valence-electron chi connectivity index (χ2n) is 7.89. The standard InChI is InChI=1S/C24H17F2N9O/c1-12-22(18(10-27)33-31-12)23-15(13(2)36)4-8-21(30-23)35-11-28-17-9-14(3-6-19(17)35)29-20-7-5-16(24(25)26)32-34-20/h3-9,11,24H,1-2H3,(H,29,34)(H,31,33). The van der Waals surface area contributed by atoms with E-state index >= 15 is 0 Å². The number of aromatic nitrogens is 7. The summed E-state index contributed by atoms with van der Waals surface area (Å²) >= 11 is 0. The number of aryl methyl sites for hydroxylation is 1. The highest BCUT2D eigenvalue weighted by Crippen LogP contribution is 2.30. The van der Waals surface area contributed by atoms with Gasteiger partial charge in [0.2, 0.25) is 0 Å². The normalized spacial score (nSPS) is 11.1. The van der Waals surface area contributed by atoms with E-state index in [4.69, 9.17) is 4.98 Å². The predicted molar refractivity (Wildman–Crippen MR) is 126 cm³/mol. The van der Waals surface area contributed by atoms with Crippen molar-refractivity contribution in [3.8, 4) is 23.1 Å². The number of H-pyrrole nitrogens is 1. The van der Waals surface area contributed by atoms with Crippen LogP contribution in [-0.4, -0.2) is 40.7 Å². The minimum atomic E-state index is -2.69. The molecule has 4 heterocycles. The van der Waals surface area contributed by atoms with E-state index in [-0.39, 0.29) is 11.5 Å². The highest BCUT2D eigenvalue weighted by atomic mass is 19.3. The van der Waals surface area contributed by atoms with Crippen LogP contribution < -0.4 is 5.32 Å². The molecule has 0 aliphatic heterocycles. The van der Waals surface area contributed by atoms with Crippen molar-refractivity contribution >= 4 is 28.3 Å². The smallest absolute Gasteiger partial charge is 0.282 e. The van der Waals surface area contributed by atoms with Crippen molar-refractivity contribution in [1.82, 2.24) is 34.9 Å². The van der Waals surface area contributed by atoms with Gasteiger partial charge in [0.25, 0.3) is 6.43 Å². The number of benzene rings is 1. The molecular formula is C24H17F2N9O. The van der Waals surface area contributed by atoms with Gasteiger partial charge in [-0.05, 0) is 56.3 Å². The zero-order valence-corrected chi connectivity index (χ0v) is 19.0. The number of halogens is 2. The Labute approximate surface area is 202 Å². The maximum absolute atomic E-state index is 12.7. The molecule has 0 radical (unpaired) electrons. The van der Waals surface area contributed by atoms with Gasteiger partial charge >= 0.3 is 0 Å². The fourth-order valence-electron chi connectivity index (χ4n) is 3.80. The number of rotatable bonds is 6. The maximum Gasteiger partial charge on any atom is 0.282 e. The molecule has 0 atom stereocenters. The fraction of sp³-hybridized carbons (Fsp3) is 0.125. The number of fused-ring (bicyclic) bond motifs is 1. The number of hydrogen-bond acceptors (Lipinski definition) is 8. The summed E-state index contributed by atoms with van der Waals surface area (Å²) in [6.07, 6.45) is -1.09. The molecule has 0 unspecified atom stereocenters. The predicted octanol–water partition coefficient (Wildman–Crippen LogP) is 4.66. The Morgan fingerprint density at radius 2 is 2.00 bits per heavy atom. The zero-order chi connectivity index (χ0) is 25.4. The molecule has 0 aliphatic rings. The van der Waals surface area contributed by atoms with Gasteiger partial charge in [-0.3, -0.25) is 14.5 Å². The molecule has 36 heavy (non-hydrogen) atoms. The van der Waals surface area contributed by atoms with Gasteiger partial charge in [-0.25, -0.2) is 18.7 Å². The minimum Gasteiger partial charge on any atom is -0.339 e. The summed E-state index contributed by atoms with van der Waals surface area (Å²) in [4.78, 5) is 21.4. The molecular weight excluding hydrogens is 468 g/mol. The van der Waals surface area contributed by atoms with Crippen molar-refractivity contribution in [2.75, 3.05) is 5.32 Å². The van der Waals surface area contributed by atoms with Crippen LogP contribution in [0.5, 0.6) is 0 Å². The summed E-state index contributed by atoms with van der Waals surface area (Å²) in [7, 11) is 0. The SMILES string of the molecule is CC(=O)c1ccc(-n2cnc3cc(Nc4ccc(C(F)F)nn4)ccc32)nc1-c1c(C#N)n[nH]c1C. The first-order valence-corrected chi connectivity index (χ1v) is 10.7. The summed E-state index contributed by atoms with van der Waals surface area (Å²) in [5.41, 5.74) is 3.57. The third-order valence-electron chi connectivity index (χ3n) is 5.52. The van der Waals surface area contributed by atoms with Crippen molar-refractivity contribution in [1.29, 1.82) is 5.26 Å². The summed E-state index contributed by atoms with van der Waals surface area (Å²) in [6, 6.07) is 13.4. The van der Waals surface area contributed by atoms with Crippen molar-refractivity contribution < 1.29 is 13.6 Å². The van der Waals surface area contributed by atoms with E-state index in [1.54, 1.807) is 42.1 Å². The van der Waals surface area contributed by atoms with Crippen LogP contribution in [0, 0.1) is 18.3 Å². The number of carbonyl (C=O) groups is 1. The number of pyridine rings is 1. The Bertz CT molecular complexity index is 1650. The second-order valence-corrected chi connectivity index (χ2v) is 7.89. The maximum atomic E-state index is 12.7. The Kier molecular flexibility index (Phi) is 5.65. The van der Waals surface area contributed by atoms with Crippen molar-refractivity contribution in [2.24, 2.45) is 0 Å². The molecule has 12 heteroatoms. The van der Waals surface area contributed by atoms with Gasteiger partial charge in [0.1, 0.15) is 23.9 Å². The van der Waals surface area contributed by atoms with Crippen LogP contribution in [0.1, 0.15) is 40.8 Å². The van der Waals surface area contributed by atoms with Crippen LogP contribution in [0.3, 0.4) is 0 Å². The third kappa shape index (κ3) is 4.03. The second kappa shape index (κ2) is 8.95. The number of Topliss-reactive ketones (excluding diaryl/α,β-unsaturated/α-hetero) is 1. The van der Waals surface area contributed by atoms with Crippen LogP contribution in [-0.2, 0) is 0 Å². The van der Waals surface area contributed by atoms with E-state index in [2.05, 4.69) is 30.7 Å². The number of nitrogens with one attached hydrogen (secondary N) is 2. The molecule has 0 spiro atoms. The van der Waals surface area contributed by atoms with E-state index in [9.17, 15) is 18.8 Å². The Morgan fingerprint density at radius 3 is 2.69 bits per heavy atom. The summed E-state index contributed by atoms with van der Waals surface area (Å²) in [5.74, 6) is 0.619. The molecule has 5 aromatic rings. The fourth-order valence-corrected chi connectivity index (χ4v) is 3.80. The Hall–Kier alpha value is -5.05. The summed E-state index contributed by atoms with van der Waals surface area (Å²) in [5, 5.41) is 26.5. The molecule has 0 amide bonds. The van der Waals surface area contributed by atoms with Gasteiger partial charge in [-0.15, -0.1) is 10.2 Å². The summed E-state index contributed by atoms with van der Waals surface area (Å²) < 4.78 is 27.1. The average molecular weight is 485 g/mol. The van der Waals surface area contributed by atoms with Crippen molar-refractivity contribution in [3.63, 3.8) is 0 Å². The number of nitrogens with zero attached hydrogens (tertiary/aromatic N) is 7. The monoisotopic (exact) mass is 485 g/mol. The zero-order valence-electron chi connectivity index (χ0n) is 19.0.